The molecule has 0 bridgehead atoms. The minimum absolute atomic E-state index is 0.0464. The van der Waals surface area contributed by atoms with Gasteiger partial charge in [0.2, 0.25) is 0 Å². The average molecular weight is 316 g/mol. The van der Waals surface area contributed by atoms with Crippen LogP contribution in [0.15, 0.2) is 18.2 Å². The molecule has 21 heavy (non-hydrogen) atoms. The van der Waals surface area contributed by atoms with Gasteiger partial charge < -0.3 is 4.74 Å². The highest BCUT2D eigenvalue weighted by atomic mass is 35.5. The van der Waals surface area contributed by atoms with Gasteiger partial charge in [0.1, 0.15) is 5.82 Å². The number of morpholine rings is 1. The highest BCUT2D eigenvalue weighted by molar-refractivity contribution is 6.31. The molecule has 0 aliphatic carbocycles. The Hall–Kier alpha value is -0.720. The Kier molecular flexibility index (Phi) is 5.57. The predicted molar refractivity (Wildman–Crippen MR) is 82.7 cm³/mol. The normalized spacial score (nSPS) is 18.7. The summed E-state index contributed by atoms with van der Waals surface area (Å²) >= 11 is 6.16. The third-order valence-corrected chi connectivity index (χ3v) is 4.68. The van der Waals surface area contributed by atoms with E-state index in [0.717, 1.165) is 31.9 Å². The van der Waals surface area contributed by atoms with Crippen LogP contribution >= 0.6 is 11.6 Å². The number of ether oxygens (including phenoxy) is 1. The monoisotopic (exact) mass is 315 g/mol. The number of benzene rings is 1. The first kappa shape index (κ1) is 16.6. The number of rotatable bonds is 5. The smallest absolute Gasteiger partial charge is 0.123 e. The summed E-state index contributed by atoms with van der Waals surface area (Å²) in [5.41, 5.74) is 3.45. The van der Waals surface area contributed by atoms with Crippen LogP contribution in [0.3, 0.4) is 0 Å². The lowest BCUT2D eigenvalue weighted by molar-refractivity contribution is -0.0233. The number of nitrogens with zero attached hydrogens (tertiary/aromatic N) is 1. The summed E-state index contributed by atoms with van der Waals surface area (Å²) in [6.45, 7) is 7.44. The fourth-order valence-electron chi connectivity index (χ4n) is 2.79. The number of nitrogens with one attached hydrogen (secondary N) is 1. The lowest BCUT2D eigenvalue weighted by Gasteiger charge is -2.45. The molecule has 1 saturated heterocycles. The molecule has 1 atom stereocenters. The lowest BCUT2D eigenvalue weighted by Crippen LogP contribution is -2.62. The maximum absolute atomic E-state index is 13.4. The Morgan fingerprint density at radius 2 is 2.10 bits per heavy atom. The zero-order valence-corrected chi connectivity index (χ0v) is 13.3. The molecule has 0 spiro atoms. The second kappa shape index (κ2) is 7.03. The number of hydrogen-bond donors (Lipinski definition) is 2. The summed E-state index contributed by atoms with van der Waals surface area (Å²) in [7, 11) is 0. The van der Waals surface area contributed by atoms with Crippen molar-refractivity contribution in [2.24, 2.45) is 5.84 Å². The maximum Gasteiger partial charge on any atom is 0.123 e. The first-order valence-electron chi connectivity index (χ1n) is 7.18. The molecule has 118 valence electrons. The van der Waals surface area contributed by atoms with Gasteiger partial charge in [0, 0.05) is 29.7 Å². The Balaban J connectivity index is 2.16. The molecular weight excluding hydrogens is 293 g/mol. The maximum atomic E-state index is 13.4. The summed E-state index contributed by atoms with van der Waals surface area (Å²) in [6.07, 6.45) is 0.567. The molecule has 1 unspecified atom stereocenters. The number of nitrogens with two attached hydrogens (primary N) is 1. The fraction of sp³-hybridized carbons (Fsp3) is 0.600. The molecule has 6 heteroatoms. The molecule has 0 radical (unpaired) electrons. The van der Waals surface area contributed by atoms with Crippen LogP contribution in [0.1, 0.15) is 19.4 Å². The topological polar surface area (TPSA) is 50.5 Å². The van der Waals surface area contributed by atoms with Gasteiger partial charge in [-0.1, -0.05) is 11.6 Å². The van der Waals surface area contributed by atoms with Gasteiger partial charge in [0.15, 0.2) is 0 Å². The molecule has 1 aliphatic rings. The van der Waals surface area contributed by atoms with E-state index in [4.69, 9.17) is 22.2 Å². The third kappa shape index (κ3) is 3.93. The molecule has 1 heterocycles. The Morgan fingerprint density at radius 1 is 1.43 bits per heavy atom. The Labute approximate surface area is 130 Å². The van der Waals surface area contributed by atoms with E-state index in [9.17, 15) is 4.39 Å². The van der Waals surface area contributed by atoms with Crippen molar-refractivity contribution in [3.63, 3.8) is 0 Å². The largest absolute Gasteiger partial charge is 0.379 e. The molecule has 0 amide bonds. The predicted octanol–water partition coefficient (Wildman–Crippen LogP) is 1.96. The highest BCUT2D eigenvalue weighted by Gasteiger charge is 2.36. The molecule has 1 fully saturated rings. The van der Waals surface area contributed by atoms with Crippen LogP contribution in [0, 0.1) is 5.82 Å². The molecule has 0 saturated carbocycles. The summed E-state index contributed by atoms with van der Waals surface area (Å²) in [6, 6.07) is 4.38. The van der Waals surface area contributed by atoms with Crippen LogP contribution in [-0.4, -0.2) is 42.8 Å². The zero-order chi connectivity index (χ0) is 15.5. The van der Waals surface area contributed by atoms with E-state index in [1.54, 1.807) is 6.07 Å². The van der Waals surface area contributed by atoms with Crippen molar-refractivity contribution in [2.75, 3.05) is 26.3 Å². The van der Waals surface area contributed by atoms with Crippen molar-refractivity contribution >= 4 is 11.6 Å². The first-order chi connectivity index (χ1) is 9.95. The number of hydrazine groups is 1. The average Bonchev–Trinajstić information content (AvgIpc) is 2.48. The minimum atomic E-state index is -0.283. The molecule has 1 aromatic carbocycles. The van der Waals surface area contributed by atoms with Crippen LogP contribution in [0.2, 0.25) is 5.02 Å². The first-order valence-corrected chi connectivity index (χ1v) is 7.56. The quantitative estimate of drug-likeness (QED) is 0.644. The molecule has 1 aromatic rings. The summed E-state index contributed by atoms with van der Waals surface area (Å²) < 4.78 is 18.8. The van der Waals surface area contributed by atoms with Crippen molar-refractivity contribution < 1.29 is 9.13 Å². The van der Waals surface area contributed by atoms with Crippen molar-refractivity contribution in [1.82, 2.24) is 10.3 Å². The van der Waals surface area contributed by atoms with Crippen LogP contribution in [-0.2, 0) is 11.2 Å². The van der Waals surface area contributed by atoms with Gasteiger partial charge >= 0.3 is 0 Å². The van der Waals surface area contributed by atoms with Crippen LogP contribution < -0.4 is 11.3 Å². The highest BCUT2D eigenvalue weighted by Crippen LogP contribution is 2.26. The van der Waals surface area contributed by atoms with Gasteiger partial charge in [-0.05, 0) is 44.0 Å². The Bertz CT molecular complexity index is 478. The van der Waals surface area contributed by atoms with Gasteiger partial charge in [-0.15, -0.1) is 0 Å². The van der Waals surface area contributed by atoms with Crippen LogP contribution in [0.5, 0.6) is 0 Å². The zero-order valence-electron chi connectivity index (χ0n) is 12.5. The van der Waals surface area contributed by atoms with Crippen molar-refractivity contribution in [3.05, 3.63) is 34.6 Å². The van der Waals surface area contributed by atoms with Crippen molar-refractivity contribution in [2.45, 2.75) is 31.8 Å². The fourth-order valence-corrected chi connectivity index (χ4v) is 2.99. The van der Waals surface area contributed by atoms with Crippen molar-refractivity contribution in [3.8, 4) is 0 Å². The SMILES string of the molecule is CC(C)(C(Cc1cc(F)ccc1Cl)NN)N1CCOCC1. The third-order valence-electron chi connectivity index (χ3n) is 4.31. The van der Waals surface area contributed by atoms with Gasteiger partial charge in [0.05, 0.1) is 13.2 Å². The molecule has 2 rings (SSSR count). The van der Waals surface area contributed by atoms with Gasteiger partial charge in [0.25, 0.3) is 0 Å². The summed E-state index contributed by atoms with van der Waals surface area (Å²) in [5.74, 6) is 5.47. The number of hydrogen-bond acceptors (Lipinski definition) is 4. The lowest BCUT2D eigenvalue weighted by atomic mass is 9.87. The van der Waals surface area contributed by atoms with E-state index in [1.807, 2.05) is 0 Å². The van der Waals surface area contributed by atoms with E-state index in [2.05, 4.69) is 24.2 Å². The van der Waals surface area contributed by atoms with E-state index >= 15 is 0 Å². The van der Waals surface area contributed by atoms with Gasteiger partial charge in [-0.25, -0.2) is 4.39 Å². The van der Waals surface area contributed by atoms with Gasteiger partial charge in [-0.2, -0.15) is 0 Å². The van der Waals surface area contributed by atoms with E-state index in [1.165, 1.54) is 12.1 Å². The van der Waals surface area contributed by atoms with E-state index in [-0.39, 0.29) is 17.4 Å². The van der Waals surface area contributed by atoms with E-state index in [0.29, 0.717) is 11.4 Å². The molecule has 0 aromatic heterocycles. The minimum Gasteiger partial charge on any atom is -0.379 e. The Morgan fingerprint density at radius 3 is 2.71 bits per heavy atom. The molecule has 4 nitrogen and oxygen atoms in total. The van der Waals surface area contributed by atoms with Crippen LogP contribution in [0.4, 0.5) is 4.39 Å². The van der Waals surface area contributed by atoms with E-state index < -0.39 is 0 Å². The molecule has 1 aliphatic heterocycles. The number of halogens is 2. The second-order valence-corrected chi connectivity index (χ2v) is 6.32. The van der Waals surface area contributed by atoms with Crippen LogP contribution in [0.25, 0.3) is 0 Å². The molecule has 3 N–H and O–H groups in total. The summed E-state index contributed by atoms with van der Waals surface area (Å²) in [4.78, 5) is 2.34. The van der Waals surface area contributed by atoms with Crippen molar-refractivity contribution in [1.29, 1.82) is 0 Å². The second-order valence-electron chi connectivity index (χ2n) is 5.91. The standard InChI is InChI=1S/C15H23ClFN3O/c1-15(2,20-5-7-21-8-6-20)14(19-18)10-11-9-12(17)3-4-13(11)16/h3-4,9,14,19H,5-8,10,18H2,1-2H3. The summed E-state index contributed by atoms with van der Waals surface area (Å²) in [5, 5.41) is 0.564. The molecular formula is C15H23ClFN3O. The van der Waals surface area contributed by atoms with Gasteiger partial charge in [-0.3, -0.25) is 16.2 Å².